The Morgan fingerprint density at radius 3 is 2.90 bits per heavy atom. The van der Waals surface area contributed by atoms with E-state index in [0.29, 0.717) is 55.3 Å². The van der Waals surface area contributed by atoms with Crippen LogP contribution >= 0.6 is 0 Å². The maximum atomic E-state index is 12.8. The molecule has 29 heavy (non-hydrogen) atoms. The molecule has 0 spiro atoms. The Morgan fingerprint density at radius 2 is 2.14 bits per heavy atom. The number of morpholine rings is 1. The summed E-state index contributed by atoms with van der Waals surface area (Å²) in [5.74, 6) is 1.49. The fourth-order valence-corrected chi connectivity index (χ4v) is 5.64. The molecule has 2 aliphatic rings. The monoisotopic (exact) mass is 417 g/mol. The first-order chi connectivity index (χ1) is 14.0. The third kappa shape index (κ3) is 3.14. The second-order valence-corrected chi connectivity index (χ2v) is 9.45. The van der Waals surface area contributed by atoms with Crippen LogP contribution in [0.25, 0.3) is 16.9 Å². The predicted octanol–water partition coefficient (Wildman–Crippen LogP) is 1.30. The molecule has 2 aliphatic heterocycles. The quantitative estimate of drug-likeness (QED) is 0.684. The van der Waals surface area contributed by atoms with Crippen LogP contribution in [0.5, 0.6) is 0 Å². The minimum atomic E-state index is -3.37. The molecule has 2 saturated heterocycles. The lowest BCUT2D eigenvalue weighted by Crippen LogP contribution is -2.44. The van der Waals surface area contributed by atoms with E-state index in [1.165, 1.54) is 4.31 Å². The van der Waals surface area contributed by atoms with Crippen molar-refractivity contribution in [2.75, 3.05) is 41.3 Å². The van der Waals surface area contributed by atoms with Gasteiger partial charge in [-0.3, -0.25) is 9.40 Å². The highest BCUT2D eigenvalue weighted by atomic mass is 32.2. The van der Waals surface area contributed by atoms with E-state index < -0.39 is 10.0 Å². The molecule has 5 heterocycles. The minimum absolute atomic E-state index is 0.140. The van der Waals surface area contributed by atoms with Crippen molar-refractivity contribution in [3.63, 3.8) is 0 Å². The first-order valence-corrected chi connectivity index (χ1v) is 11.4. The first kappa shape index (κ1) is 18.4. The lowest BCUT2D eigenvalue weighted by Gasteiger charge is -2.35. The standard InChI is InChI=1S/C18H23N7O3S/c1-13-12-28-8-7-23(13)17-10-15(24-6-2-3-9-29(24,26)27)14-11-20-25(18(14)21-17)16-4-5-19-22-16/h4-5,10-11,13H,2-3,6-9,12H2,1H3,(H,19,22)/t13-/m1/s1. The van der Waals surface area contributed by atoms with E-state index in [2.05, 4.69) is 27.1 Å². The number of aromatic nitrogens is 5. The fourth-order valence-electron chi connectivity index (χ4n) is 3.99. The van der Waals surface area contributed by atoms with Crippen LogP contribution in [-0.2, 0) is 14.8 Å². The van der Waals surface area contributed by atoms with Crippen molar-refractivity contribution >= 4 is 32.6 Å². The molecule has 0 unspecified atom stereocenters. The zero-order valence-electron chi connectivity index (χ0n) is 16.2. The minimum Gasteiger partial charge on any atom is -0.377 e. The van der Waals surface area contributed by atoms with Crippen molar-refractivity contribution in [2.45, 2.75) is 25.8 Å². The highest BCUT2D eigenvalue weighted by Gasteiger charge is 2.30. The lowest BCUT2D eigenvalue weighted by atomic mass is 10.2. The van der Waals surface area contributed by atoms with E-state index in [4.69, 9.17) is 9.72 Å². The zero-order chi connectivity index (χ0) is 20.0. The molecular formula is C18H23N7O3S. The average Bonchev–Trinajstić information content (AvgIpc) is 3.37. The Bertz CT molecular complexity index is 1130. The zero-order valence-corrected chi connectivity index (χ0v) is 17.0. The SMILES string of the molecule is C[C@@H]1COCCN1c1cc(N2CCCCS2(=O)=O)c2cnn(-c3cc[nH]n3)c2n1. The molecule has 5 rings (SSSR count). The Kier molecular flexibility index (Phi) is 4.43. The van der Waals surface area contributed by atoms with E-state index in [1.54, 1.807) is 23.1 Å². The average molecular weight is 417 g/mol. The molecule has 0 bridgehead atoms. The molecule has 2 fully saturated rings. The lowest BCUT2D eigenvalue weighted by molar-refractivity contribution is 0.0985. The number of nitrogens with zero attached hydrogens (tertiary/aromatic N) is 6. The normalized spacial score (nSPS) is 22.3. The van der Waals surface area contributed by atoms with E-state index in [0.717, 1.165) is 12.2 Å². The van der Waals surface area contributed by atoms with Gasteiger partial charge in [0, 0.05) is 31.4 Å². The van der Waals surface area contributed by atoms with Gasteiger partial charge in [-0.25, -0.2) is 13.4 Å². The summed E-state index contributed by atoms with van der Waals surface area (Å²) in [4.78, 5) is 7.02. The largest absolute Gasteiger partial charge is 0.377 e. The number of rotatable bonds is 3. The smallest absolute Gasteiger partial charge is 0.235 e. The number of pyridine rings is 1. The molecule has 0 aromatic carbocycles. The van der Waals surface area contributed by atoms with Gasteiger partial charge in [0.1, 0.15) is 5.82 Å². The Labute approximate surface area is 168 Å². The van der Waals surface area contributed by atoms with E-state index in [1.807, 2.05) is 6.07 Å². The van der Waals surface area contributed by atoms with Crippen molar-refractivity contribution in [2.24, 2.45) is 0 Å². The number of hydrogen-bond donors (Lipinski definition) is 1. The third-order valence-electron chi connectivity index (χ3n) is 5.49. The summed E-state index contributed by atoms with van der Waals surface area (Å²) in [7, 11) is -3.37. The molecular weight excluding hydrogens is 394 g/mol. The molecule has 11 heteroatoms. The molecule has 0 radical (unpaired) electrons. The van der Waals surface area contributed by atoms with Gasteiger partial charge in [0.15, 0.2) is 11.5 Å². The maximum absolute atomic E-state index is 12.8. The number of hydrogen-bond acceptors (Lipinski definition) is 7. The molecule has 1 atom stereocenters. The highest BCUT2D eigenvalue weighted by molar-refractivity contribution is 7.92. The number of nitrogens with one attached hydrogen (secondary N) is 1. The number of aromatic amines is 1. The molecule has 3 aromatic heterocycles. The fraction of sp³-hybridized carbons (Fsp3) is 0.500. The predicted molar refractivity (Wildman–Crippen MR) is 109 cm³/mol. The third-order valence-corrected chi connectivity index (χ3v) is 7.34. The molecule has 0 saturated carbocycles. The number of H-pyrrole nitrogens is 1. The molecule has 154 valence electrons. The second-order valence-electron chi connectivity index (χ2n) is 7.44. The van der Waals surface area contributed by atoms with Crippen LogP contribution in [-0.4, -0.2) is 71.5 Å². The van der Waals surface area contributed by atoms with Crippen LogP contribution in [0.15, 0.2) is 24.5 Å². The van der Waals surface area contributed by atoms with Gasteiger partial charge in [-0.15, -0.1) is 0 Å². The molecule has 0 amide bonds. The van der Waals surface area contributed by atoms with Crippen molar-refractivity contribution in [1.29, 1.82) is 0 Å². The topological polar surface area (TPSA) is 109 Å². The summed E-state index contributed by atoms with van der Waals surface area (Å²) in [6.07, 6.45) is 4.91. The number of sulfonamides is 1. The van der Waals surface area contributed by atoms with E-state index >= 15 is 0 Å². The van der Waals surface area contributed by atoms with Gasteiger partial charge in [0.25, 0.3) is 0 Å². The van der Waals surface area contributed by atoms with E-state index in [9.17, 15) is 8.42 Å². The van der Waals surface area contributed by atoms with Crippen LogP contribution in [0.4, 0.5) is 11.5 Å². The van der Waals surface area contributed by atoms with Crippen molar-refractivity contribution in [1.82, 2.24) is 25.0 Å². The molecule has 0 aliphatic carbocycles. The van der Waals surface area contributed by atoms with Crippen LogP contribution < -0.4 is 9.21 Å². The van der Waals surface area contributed by atoms with Gasteiger partial charge in [0.2, 0.25) is 10.0 Å². The summed E-state index contributed by atoms with van der Waals surface area (Å²) in [5, 5.41) is 12.1. The highest BCUT2D eigenvalue weighted by Crippen LogP contribution is 2.35. The van der Waals surface area contributed by atoms with Crippen molar-refractivity contribution in [3.05, 3.63) is 24.5 Å². The van der Waals surface area contributed by atoms with Crippen LogP contribution in [0.3, 0.4) is 0 Å². The maximum Gasteiger partial charge on any atom is 0.235 e. The molecule has 10 nitrogen and oxygen atoms in total. The second kappa shape index (κ2) is 6.99. The van der Waals surface area contributed by atoms with Crippen molar-refractivity contribution < 1.29 is 13.2 Å². The van der Waals surface area contributed by atoms with Gasteiger partial charge < -0.3 is 9.64 Å². The summed E-state index contributed by atoms with van der Waals surface area (Å²) in [6.45, 7) is 4.46. The first-order valence-electron chi connectivity index (χ1n) is 9.78. The van der Waals surface area contributed by atoms with E-state index in [-0.39, 0.29) is 11.8 Å². The summed E-state index contributed by atoms with van der Waals surface area (Å²) >= 11 is 0. The summed E-state index contributed by atoms with van der Waals surface area (Å²) < 4.78 is 34.4. The molecule has 3 aromatic rings. The Hall–Kier alpha value is -2.66. The number of ether oxygens (including phenoxy) is 1. The van der Waals surface area contributed by atoms with Crippen molar-refractivity contribution in [3.8, 4) is 5.82 Å². The van der Waals surface area contributed by atoms with Gasteiger partial charge in [-0.1, -0.05) is 0 Å². The van der Waals surface area contributed by atoms with Gasteiger partial charge in [0.05, 0.1) is 42.3 Å². The molecule has 1 N–H and O–H groups in total. The number of fused-ring (bicyclic) bond motifs is 1. The van der Waals surface area contributed by atoms with Gasteiger partial charge >= 0.3 is 0 Å². The number of anilines is 2. The van der Waals surface area contributed by atoms with Gasteiger partial charge in [-0.05, 0) is 19.8 Å². The Morgan fingerprint density at radius 1 is 1.24 bits per heavy atom. The van der Waals surface area contributed by atoms with Gasteiger partial charge in [-0.2, -0.15) is 14.9 Å². The summed E-state index contributed by atoms with van der Waals surface area (Å²) in [6, 6.07) is 3.82. The Balaban J connectivity index is 1.72. The summed E-state index contributed by atoms with van der Waals surface area (Å²) in [5.41, 5.74) is 1.22. The van der Waals surface area contributed by atoms with Crippen LogP contribution in [0.2, 0.25) is 0 Å². The van der Waals surface area contributed by atoms with Crippen LogP contribution in [0, 0.1) is 0 Å². The van der Waals surface area contributed by atoms with Crippen LogP contribution in [0.1, 0.15) is 19.8 Å².